The molecule has 6 heteroatoms. The number of nitrogen functional groups attached to an aromatic ring is 1. The highest BCUT2D eigenvalue weighted by atomic mass is 35.5. The molecular weight excluding hydrogens is 284 g/mol. The van der Waals surface area contributed by atoms with Crippen molar-refractivity contribution in [2.24, 2.45) is 0 Å². The van der Waals surface area contributed by atoms with Crippen LogP contribution in [-0.4, -0.2) is 16.3 Å². The summed E-state index contributed by atoms with van der Waals surface area (Å²) in [7, 11) is 0.219. The fourth-order valence-electron chi connectivity index (χ4n) is 1.66. The van der Waals surface area contributed by atoms with Gasteiger partial charge < -0.3 is 10.5 Å². The maximum atomic E-state index is 12.3. The molecule has 0 saturated heterocycles. The van der Waals surface area contributed by atoms with Crippen molar-refractivity contribution in [1.82, 2.24) is 4.98 Å². The molecule has 4 nitrogen and oxygen atoms in total. The smallest absolute Gasteiger partial charge is 0.150 e. The highest BCUT2D eigenvalue weighted by Gasteiger charge is 2.13. The lowest BCUT2D eigenvalue weighted by atomic mass is 10.2. The van der Waals surface area contributed by atoms with Gasteiger partial charge in [-0.15, -0.1) is 0 Å². The van der Waals surface area contributed by atoms with Crippen molar-refractivity contribution in [1.29, 1.82) is 0 Å². The van der Waals surface area contributed by atoms with Crippen LogP contribution in [0, 0.1) is 0 Å². The Morgan fingerprint density at radius 2 is 2.21 bits per heavy atom. The van der Waals surface area contributed by atoms with Gasteiger partial charge in [0.2, 0.25) is 0 Å². The van der Waals surface area contributed by atoms with Gasteiger partial charge in [-0.1, -0.05) is 11.6 Å². The molecule has 0 amide bonds. The predicted molar refractivity (Wildman–Crippen MR) is 76.8 cm³/mol. The molecule has 2 N–H and O–H groups in total. The van der Waals surface area contributed by atoms with E-state index < -0.39 is 10.8 Å². The molecule has 0 aliphatic heterocycles. The minimum Gasteiger partial charge on any atom is -0.496 e. The SMILES string of the molecule is COc1ccc(Cl)cc1CS(=O)c1ncccc1N. The zero-order chi connectivity index (χ0) is 13.8. The van der Waals surface area contributed by atoms with Crippen molar-refractivity contribution in [3.63, 3.8) is 0 Å². The van der Waals surface area contributed by atoms with E-state index >= 15 is 0 Å². The number of methoxy groups -OCH3 is 1. The normalized spacial score (nSPS) is 12.1. The Morgan fingerprint density at radius 1 is 1.42 bits per heavy atom. The summed E-state index contributed by atoms with van der Waals surface area (Å²) in [6.45, 7) is 0. The monoisotopic (exact) mass is 296 g/mol. The first-order valence-electron chi connectivity index (χ1n) is 5.53. The molecule has 100 valence electrons. The molecule has 0 radical (unpaired) electrons. The van der Waals surface area contributed by atoms with E-state index in [1.807, 2.05) is 0 Å². The molecule has 0 aliphatic rings. The number of nitrogens with zero attached hydrogens (tertiary/aromatic N) is 1. The molecule has 2 aromatic rings. The van der Waals surface area contributed by atoms with Gasteiger partial charge in [0, 0.05) is 16.8 Å². The Hall–Kier alpha value is -1.59. The second kappa shape index (κ2) is 6.04. The molecule has 1 aromatic carbocycles. The zero-order valence-corrected chi connectivity index (χ0v) is 11.9. The summed E-state index contributed by atoms with van der Waals surface area (Å²) < 4.78 is 17.5. The number of hydrogen-bond acceptors (Lipinski definition) is 4. The van der Waals surface area contributed by atoms with Crippen LogP contribution in [0.1, 0.15) is 5.56 Å². The lowest BCUT2D eigenvalue weighted by molar-refractivity contribution is 0.411. The van der Waals surface area contributed by atoms with Gasteiger partial charge in [-0.05, 0) is 30.3 Å². The lowest BCUT2D eigenvalue weighted by Crippen LogP contribution is -2.04. The van der Waals surface area contributed by atoms with E-state index in [0.29, 0.717) is 21.5 Å². The third kappa shape index (κ3) is 3.24. The standard InChI is InChI=1S/C13H13ClN2O2S/c1-18-12-5-4-10(14)7-9(12)8-19(17)13-11(15)3-2-6-16-13/h2-7H,8,15H2,1H3. The summed E-state index contributed by atoms with van der Waals surface area (Å²) in [4.78, 5) is 4.05. The van der Waals surface area contributed by atoms with Crippen molar-refractivity contribution >= 4 is 28.1 Å². The summed E-state index contributed by atoms with van der Waals surface area (Å²) in [6.07, 6.45) is 1.57. The van der Waals surface area contributed by atoms with Crippen LogP contribution in [0.5, 0.6) is 5.75 Å². The molecule has 0 aliphatic carbocycles. The topological polar surface area (TPSA) is 65.2 Å². The number of pyridine rings is 1. The minimum absolute atomic E-state index is 0.255. The number of rotatable bonds is 4. The van der Waals surface area contributed by atoms with Crippen LogP contribution in [0.15, 0.2) is 41.6 Å². The van der Waals surface area contributed by atoms with E-state index in [9.17, 15) is 4.21 Å². The van der Waals surface area contributed by atoms with Crippen molar-refractivity contribution in [3.8, 4) is 5.75 Å². The maximum absolute atomic E-state index is 12.3. The molecule has 1 aromatic heterocycles. The van der Waals surface area contributed by atoms with Crippen LogP contribution in [0.2, 0.25) is 5.02 Å². The highest BCUT2D eigenvalue weighted by Crippen LogP contribution is 2.26. The Morgan fingerprint density at radius 3 is 2.89 bits per heavy atom. The number of anilines is 1. The van der Waals surface area contributed by atoms with E-state index in [4.69, 9.17) is 22.1 Å². The first-order chi connectivity index (χ1) is 9.11. The molecule has 19 heavy (non-hydrogen) atoms. The Kier molecular flexibility index (Phi) is 4.39. The largest absolute Gasteiger partial charge is 0.496 e. The molecular formula is C13H13ClN2O2S. The molecule has 1 unspecified atom stereocenters. The fraction of sp³-hybridized carbons (Fsp3) is 0.154. The summed E-state index contributed by atoms with van der Waals surface area (Å²) in [5, 5.41) is 0.950. The van der Waals surface area contributed by atoms with Crippen LogP contribution in [0.25, 0.3) is 0 Å². The van der Waals surface area contributed by atoms with Gasteiger partial charge in [-0.25, -0.2) is 4.98 Å². The van der Waals surface area contributed by atoms with E-state index in [2.05, 4.69) is 4.98 Å². The third-order valence-electron chi connectivity index (χ3n) is 2.55. The van der Waals surface area contributed by atoms with E-state index in [-0.39, 0.29) is 5.75 Å². The van der Waals surface area contributed by atoms with Gasteiger partial charge in [0.15, 0.2) is 0 Å². The van der Waals surface area contributed by atoms with Crippen LogP contribution in [0.3, 0.4) is 0 Å². The second-order valence-electron chi connectivity index (χ2n) is 3.84. The molecule has 1 atom stereocenters. The van der Waals surface area contributed by atoms with Gasteiger partial charge in [-0.3, -0.25) is 4.21 Å². The molecule has 1 heterocycles. The number of halogens is 1. The summed E-state index contributed by atoms with van der Waals surface area (Å²) >= 11 is 5.94. The third-order valence-corrected chi connectivity index (χ3v) is 4.13. The Labute approximate surface area is 119 Å². The van der Waals surface area contributed by atoms with Gasteiger partial charge in [0.05, 0.1) is 29.3 Å². The van der Waals surface area contributed by atoms with E-state index in [1.165, 1.54) is 0 Å². The highest BCUT2D eigenvalue weighted by molar-refractivity contribution is 7.84. The lowest BCUT2D eigenvalue weighted by Gasteiger charge is -2.09. The van der Waals surface area contributed by atoms with Crippen LogP contribution in [0.4, 0.5) is 5.69 Å². The van der Waals surface area contributed by atoms with Gasteiger partial charge in [0.25, 0.3) is 0 Å². The van der Waals surface area contributed by atoms with Crippen LogP contribution < -0.4 is 10.5 Å². The first-order valence-corrected chi connectivity index (χ1v) is 7.23. The van der Waals surface area contributed by atoms with Crippen LogP contribution >= 0.6 is 11.6 Å². The minimum atomic E-state index is -1.34. The molecule has 2 rings (SSSR count). The Bertz CT molecular complexity index is 619. The van der Waals surface area contributed by atoms with E-state index in [1.54, 1.807) is 43.6 Å². The molecule has 0 saturated carbocycles. The van der Waals surface area contributed by atoms with E-state index in [0.717, 1.165) is 5.56 Å². The summed E-state index contributed by atoms with van der Waals surface area (Å²) in [5.74, 6) is 0.901. The Balaban J connectivity index is 2.29. The van der Waals surface area contributed by atoms with Gasteiger partial charge in [0.1, 0.15) is 10.8 Å². The molecule has 0 bridgehead atoms. The van der Waals surface area contributed by atoms with Crippen LogP contribution in [-0.2, 0) is 16.6 Å². The maximum Gasteiger partial charge on any atom is 0.150 e. The summed E-state index contributed by atoms with van der Waals surface area (Å²) in [6, 6.07) is 8.58. The first kappa shape index (κ1) is 13.8. The second-order valence-corrected chi connectivity index (χ2v) is 5.65. The van der Waals surface area contributed by atoms with Gasteiger partial charge in [-0.2, -0.15) is 0 Å². The molecule has 0 fully saturated rings. The average molecular weight is 297 g/mol. The van der Waals surface area contributed by atoms with Crippen molar-refractivity contribution in [2.45, 2.75) is 10.8 Å². The zero-order valence-electron chi connectivity index (χ0n) is 10.3. The average Bonchev–Trinajstić information content (AvgIpc) is 2.39. The van der Waals surface area contributed by atoms with Crippen molar-refractivity contribution in [3.05, 3.63) is 47.1 Å². The number of benzene rings is 1. The molecule has 0 spiro atoms. The predicted octanol–water partition coefficient (Wildman–Crippen LogP) is 2.63. The van der Waals surface area contributed by atoms with Gasteiger partial charge >= 0.3 is 0 Å². The number of aromatic nitrogens is 1. The number of ether oxygens (including phenoxy) is 1. The number of nitrogens with two attached hydrogens (primary N) is 1. The van der Waals surface area contributed by atoms with Crippen molar-refractivity contribution < 1.29 is 8.95 Å². The fourth-order valence-corrected chi connectivity index (χ4v) is 3.01. The summed E-state index contributed by atoms with van der Waals surface area (Å²) in [5.41, 5.74) is 6.94. The number of hydrogen-bond donors (Lipinski definition) is 1. The quantitative estimate of drug-likeness (QED) is 0.942. The van der Waals surface area contributed by atoms with Crippen molar-refractivity contribution in [2.75, 3.05) is 12.8 Å².